The fourth-order valence-corrected chi connectivity index (χ4v) is 2.43. The lowest BCUT2D eigenvalue weighted by Gasteiger charge is -2.27. The van der Waals surface area contributed by atoms with E-state index < -0.39 is 0 Å². The molecule has 2 atom stereocenters. The molecule has 2 unspecified atom stereocenters. The first-order chi connectivity index (χ1) is 6.83. The minimum Gasteiger partial charge on any atom is -0.349 e. The van der Waals surface area contributed by atoms with Crippen LogP contribution in [0.15, 0.2) is 12.3 Å². The topological polar surface area (TPSA) is 41.1 Å². The summed E-state index contributed by atoms with van der Waals surface area (Å²) in [6, 6.07) is 3.42. The second-order valence-corrected chi connectivity index (χ2v) is 4.24. The number of aromatic nitrogens is 2. The van der Waals surface area contributed by atoms with E-state index in [9.17, 15) is 0 Å². The van der Waals surface area contributed by atoms with Crippen LogP contribution in [0.4, 0.5) is 5.82 Å². The Morgan fingerprint density at radius 2 is 2.50 bits per heavy atom. The number of rotatable bonds is 1. The van der Waals surface area contributed by atoms with Gasteiger partial charge in [0.1, 0.15) is 0 Å². The van der Waals surface area contributed by atoms with Gasteiger partial charge in [0.15, 0.2) is 5.82 Å². The van der Waals surface area contributed by atoms with Gasteiger partial charge in [-0.25, -0.2) is 0 Å². The average molecular weight is 190 g/mol. The first-order valence-electron chi connectivity index (χ1n) is 5.12. The standard InChI is InChI=1S/C10H14N4/c1-7-2-10(13-12-4-7)14-6-8-3-9(14)5-11-8/h2,4,8-9,11H,3,5-6H2,1H3. The van der Waals surface area contributed by atoms with Crippen LogP contribution in [0.5, 0.6) is 0 Å². The highest BCUT2D eigenvalue weighted by molar-refractivity contribution is 5.43. The maximum atomic E-state index is 4.19. The van der Waals surface area contributed by atoms with E-state index in [2.05, 4.69) is 33.4 Å². The third-order valence-electron chi connectivity index (χ3n) is 3.13. The summed E-state index contributed by atoms with van der Waals surface area (Å²) in [4.78, 5) is 2.38. The number of nitrogens with one attached hydrogen (secondary N) is 1. The molecule has 2 saturated heterocycles. The van der Waals surface area contributed by atoms with Crippen LogP contribution < -0.4 is 10.2 Å². The fraction of sp³-hybridized carbons (Fsp3) is 0.600. The lowest BCUT2D eigenvalue weighted by atomic mass is 10.2. The Hall–Kier alpha value is -1.16. The molecule has 3 rings (SSSR count). The minimum atomic E-state index is 0.635. The van der Waals surface area contributed by atoms with Crippen LogP contribution >= 0.6 is 0 Å². The molecule has 1 aromatic heterocycles. The molecule has 1 N–H and O–H groups in total. The summed E-state index contributed by atoms with van der Waals surface area (Å²) in [6.45, 7) is 4.24. The van der Waals surface area contributed by atoms with Crippen LogP contribution in [0.3, 0.4) is 0 Å². The highest BCUT2D eigenvalue weighted by atomic mass is 15.3. The molecule has 0 spiro atoms. The lowest BCUT2D eigenvalue weighted by molar-refractivity contribution is 0.574. The Labute approximate surface area is 83.3 Å². The van der Waals surface area contributed by atoms with Crippen molar-refractivity contribution < 1.29 is 0 Å². The van der Waals surface area contributed by atoms with E-state index in [-0.39, 0.29) is 0 Å². The summed E-state index contributed by atoms with van der Waals surface area (Å²) in [5, 5.41) is 11.7. The summed E-state index contributed by atoms with van der Waals surface area (Å²) in [7, 11) is 0. The van der Waals surface area contributed by atoms with Crippen molar-refractivity contribution in [3.05, 3.63) is 17.8 Å². The van der Waals surface area contributed by atoms with Gasteiger partial charge in [-0.2, -0.15) is 5.10 Å². The molecular formula is C10H14N4. The number of hydrogen-bond acceptors (Lipinski definition) is 4. The molecule has 4 nitrogen and oxygen atoms in total. The predicted molar refractivity (Wildman–Crippen MR) is 54.3 cm³/mol. The van der Waals surface area contributed by atoms with E-state index in [0.717, 1.165) is 18.9 Å². The Morgan fingerprint density at radius 3 is 3.14 bits per heavy atom. The van der Waals surface area contributed by atoms with Crippen LogP contribution in [0, 0.1) is 6.92 Å². The van der Waals surface area contributed by atoms with Crippen molar-refractivity contribution in [2.75, 3.05) is 18.0 Å². The molecule has 0 saturated carbocycles. The number of nitrogens with zero attached hydrogens (tertiary/aromatic N) is 3. The van der Waals surface area contributed by atoms with E-state index in [1.165, 1.54) is 12.0 Å². The van der Waals surface area contributed by atoms with Gasteiger partial charge in [-0.05, 0) is 25.0 Å². The molecule has 3 heterocycles. The normalized spacial score (nSPS) is 29.9. The Bertz CT molecular complexity index is 352. The van der Waals surface area contributed by atoms with Gasteiger partial charge in [-0.15, -0.1) is 5.10 Å². The maximum Gasteiger partial charge on any atom is 0.151 e. The molecule has 0 aromatic carbocycles. The Kier molecular flexibility index (Phi) is 1.70. The summed E-state index contributed by atoms with van der Waals surface area (Å²) < 4.78 is 0. The average Bonchev–Trinajstić information content (AvgIpc) is 2.78. The number of aryl methyl sites for hydroxylation is 1. The second-order valence-electron chi connectivity index (χ2n) is 4.24. The number of fused-ring (bicyclic) bond motifs is 2. The van der Waals surface area contributed by atoms with Gasteiger partial charge in [0.25, 0.3) is 0 Å². The highest BCUT2D eigenvalue weighted by Gasteiger charge is 2.38. The van der Waals surface area contributed by atoms with Crippen molar-refractivity contribution >= 4 is 5.82 Å². The molecule has 0 amide bonds. The largest absolute Gasteiger partial charge is 0.349 e. The van der Waals surface area contributed by atoms with E-state index in [0.29, 0.717) is 12.1 Å². The van der Waals surface area contributed by atoms with Gasteiger partial charge >= 0.3 is 0 Å². The first kappa shape index (κ1) is 8.17. The molecular weight excluding hydrogens is 176 g/mol. The second kappa shape index (κ2) is 2.92. The van der Waals surface area contributed by atoms with Crippen molar-refractivity contribution in [3.8, 4) is 0 Å². The molecule has 2 aliphatic rings. The summed E-state index contributed by atoms with van der Waals surface area (Å²) in [5.41, 5.74) is 1.19. The van der Waals surface area contributed by atoms with E-state index in [1.54, 1.807) is 6.20 Å². The molecule has 0 aliphatic carbocycles. The lowest BCUT2D eigenvalue weighted by Crippen LogP contribution is -2.44. The van der Waals surface area contributed by atoms with Crippen molar-refractivity contribution in [3.63, 3.8) is 0 Å². The summed E-state index contributed by atoms with van der Waals surface area (Å²) >= 11 is 0. The summed E-state index contributed by atoms with van der Waals surface area (Å²) in [6.07, 6.45) is 3.06. The highest BCUT2D eigenvalue weighted by Crippen LogP contribution is 2.27. The van der Waals surface area contributed by atoms with Gasteiger partial charge in [0.05, 0.1) is 6.20 Å². The van der Waals surface area contributed by atoms with Crippen LogP contribution in [0.25, 0.3) is 0 Å². The van der Waals surface area contributed by atoms with E-state index >= 15 is 0 Å². The van der Waals surface area contributed by atoms with Gasteiger partial charge in [-0.3, -0.25) is 0 Å². The van der Waals surface area contributed by atoms with Crippen LogP contribution in [-0.2, 0) is 0 Å². The Morgan fingerprint density at radius 1 is 1.57 bits per heavy atom. The molecule has 2 fully saturated rings. The first-order valence-corrected chi connectivity index (χ1v) is 5.12. The molecule has 2 bridgehead atoms. The van der Waals surface area contributed by atoms with Crippen LogP contribution in [-0.4, -0.2) is 35.4 Å². The van der Waals surface area contributed by atoms with Gasteiger partial charge in [0.2, 0.25) is 0 Å². The molecule has 74 valence electrons. The zero-order chi connectivity index (χ0) is 9.54. The van der Waals surface area contributed by atoms with Gasteiger partial charge in [-0.1, -0.05) is 0 Å². The molecule has 1 aromatic rings. The van der Waals surface area contributed by atoms with Crippen molar-refractivity contribution in [1.82, 2.24) is 15.5 Å². The third kappa shape index (κ3) is 1.18. The molecule has 2 aliphatic heterocycles. The summed E-state index contributed by atoms with van der Waals surface area (Å²) in [5.74, 6) is 1.04. The molecule has 14 heavy (non-hydrogen) atoms. The zero-order valence-corrected chi connectivity index (χ0v) is 8.27. The monoisotopic (exact) mass is 190 g/mol. The molecule has 4 heteroatoms. The number of hydrogen-bond donors (Lipinski definition) is 1. The van der Waals surface area contributed by atoms with Crippen LogP contribution in [0.1, 0.15) is 12.0 Å². The third-order valence-corrected chi connectivity index (χ3v) is 3.13. The minimum absolute atomic E-state index is 0.635. The van der Waals surface area contributed by atoms with Gasteiger partial charge < -0.3 is 10.2 Å². The zero-order valence-electron chi connectivity index (χ0n) is 8.27. The smallest absolute Gasteiger partial charge is 0.151 e. The maximum absolute atomic E-state index is 4.19. The quantitative estimate of drug-likeness (QED) is 0.693. The van der Waals surface area contributed by atoms with Gasteiger partial charge in [0, 0.05) is 25.2 Å². The Balaban J connectivity index is 1.89. The SMILES string of the molecule is Cc1cnnc(N2CC3CC2CN3)c1. The number of piperazine rings is 1. The van der Waals surface area contributed by atoms with Crippen molar-refractivity contribution in [2.45, 2.75) is 25.4 Å². The van der Waals surface area contributed by atoms with Crippen molar-refractivity contribution in [1.29, 1.82) is 0 Å². The fourth-order valence-electron chi connectivity index (χ4n) is 2.43. The van der Waals surface area contributed by atoms with Crippen molar-refractivity contribution in [2.24, 2.45) is 0 Å². The van der Waals surface area contributed by atoms with E-state index in [4.69, 9.17) is 0 Å². The molecule has 0 radical (unpaired) electrons. The van der Waals surface area contributed by atoms with E-state index in [1.807, 2.05) is 0 Å². The number of anilines is 1. The van der Waals surface area contributed by atoms with Crippen LogP contribution in [0.2, 0.25) is 0 Å². The predicted octanol–water partition coefficient (Wildman–Crippen LogP) is 0.336.